The number of benzene rings is 1. The Hall–Kier alpha value is -3.86. The van der Waals surface area contributed by atoms with Crippen LogP contribution in [0.4, 0.5) is 21.1 Å². The molecule has 10 nitrogen and oxygen atoms in total. The number of amides is 2. The summed E-state index contributed by atoms with van der Waals surface area (Å²) < 4.78 is 16.4. The number of hydrogen-bond donors (Lipinski definition) is 1. The molecule has 1 aliphatic rings. The molecule has 2 aromatic heterocycles. The lowest BCUT2D eigenvalue weighted by atomic mass is 10.0. The van der Waals surface area contributed by atoms with Crippen LogP contribution in [0.1, 0.15) is 56.9 Å². The van der Waals surface area contributed by atoms with Crippen LogP contribution in [0.3, 0.4) is 0 Å². The molecule has 214 valence electrons. The highest BCUT2D eigenvalue weighted by molar-refractivity contribution is 7.12. The molecule has 1 N–H and O–H groups in total. The van der Waals surface area contributed by atoms with Gasteiger partial charge in [-0.1, -0.05) is 0 Å². The van der Waals surface area contributed by atoms with E-state index in [1.54, 1.807) is 44.1 Å². The number of piperazine rings is 1. The first-order valence-electron chi connectivity index (χ1n) is 13.2. The smallest absolute Gasteiger partial charge is 0.412 e. The Balaban J connectivity index is 1.45. The van der Waals surface area contributed by atoms with Gasteiger partial charge in [-0.05, 0) is 77.4 Å². The van der Waals surface area contributed by atoms with Crippen molar-refractivity contribution in [1.82, 2.24) is 9.88 Å². The lowest BCUT2D eigenvalue weighted by molar-refractivity contribution is 0.0240. The van der Waals surface area contributed by atoms with Crippen molar-refractivity contribution in [3.8, 4) is 11.3 Å². The number of anilines is 2. The molecule has 40 heavy (non-hydrogen) atoms. The van der Waals surface area contributed by atoms with Crippen LogP contribution in [0.2, 0.25) is 0 Å². The summed E-state index contributed by atoms with van der Waals surface area (Å²) in [5.74, 6) is 1.18. The zero-order valence-electron chi connectivity index (χ0n) is 23.8. The molecule has 11 heteroatoms. The first-order chi connectivity index (χ1) is 18.8. The van der Waals surface area contributed by atoms with Gasteiger partial charge >= 0.3 is 12.2 Å². The van der Waals surface area contributed by atoms with Gasteiger partial charge in [0, 0.05) is 49.2 Å². The van der Waals surface area contributed by atoms with Crippen LogP contribution in [0, 0.1) is 0 Å². The van der Waals surface area contributed by atoms with Crippen LogP contribution in [0.5, 0.6) is 0 Å². The van der Waals surface area contributed by atoms with Gasteiger partial charge in [0.15, 0.2) is 10.8 Å². The molecule has 0 unspecified atom stereocenters. The third-order valence-corrected chi connectivity index (χ3v) is 6.75. The third kappa shape index (κ3) is 7.84. The molecule has 0 atom stereocenters. The second-order valence-corrected chi connectivity index (χ2v) is 12.4. The van der Waals surface area contributed by atoms with Crippen LogP contribution in [0.25, 0.3) is 11.3 Å². The van der Waals surface area contributed by atoms with Crippen molar-refractivity contribution in [2.75, 3.05) is 36.4 Å². The van der Waals surface area contributed by atoms with Gasteiger partial charge < -0.3 is 23.7 Å². The second kappa shape index (κ2) is 11.7. The number of furan rings is 1. The molecule has 0 spiro atoms. The number of thiazole rings is 1. The average Bonchev–Trinajstić information content (AvgIpc) is 3.56. The topological polar surface area (TPSA) is 114 Å². The van der Waals surface area contributed by atoms with Crippen LogP contribution in [0.15, 0.2) is 46.4 Å². The van der Waals surface area contributed by atoms with Crippen LogP contribution in [-0.2, 0) is 15.9 Å². The fraction of sp³-hybridized carbons (Fsp3) is 0.448. The Morgan fingerprint density at radius 1 is 1.00 bits per heavy atom. The van der Waals surface area contributed by atoms with Crippen molar-refractivity contribution >= 4 is 40.8 Å². The fourth-order valence-corrected chi connectivity index (χ4v) is 4.87. The quantitative estimate of drug-likeness (QED) is 0.348. The van der Waals surface area contributed by atoms with Crippen LogP contribution < -0.4 is 10.2 Å². The number of ketones is 1. The molecule has 1 fully saturated rings. The van der Waals surface area contributed by atoms with Crippen molar-refractivity contribution in [3.63, 3.8) is 0 Å². The zero-order valence-corrected chi connectivity index (χ0v) is 24.6. The lowest BCUT2D eigenvalue weighted by Crippen LogP contribution is -2.50. The Kier molecular flexibility index (Phi) is 8.53. The number of aromatic nitrogens is 1. The number of carbonyl (C=O) groups is 3. The van der Waals surface area contributed by atoms with E-state index in [-0.39, 0.29) is 18.3 Å². The van der Waals surface area contributed by atoms with E-state index in [1.165, 1.54) is 11.3 Å². The Morgan fingerprint density at radius 2 is 1.70 bits per heavy atom. The average molecular weight is 569 g/mol. The SMILES string of the molecule is CC(C)(C)OC(=O)Nc1ccc(-c2ccco2)cc1CC(=O)c1nc(N2CCN(C(=O)OC(C)(C)C)CC2)cs1. The van der Waals surface area contributed by atoms with Crippen LogP contribution >= 0.6 is 11.3 Å². The summed E-state index contributed by atoms with van der Waals surface area (Å²) in [7, 11) is 0. The number of nitrogens with zero attached hydrogens (tertiary/aromatic N) is 3. The van der Waals surface area contributed by atoms with E-state index >= 15 is 0 Å². The zero-order chi connectivity index (χ0) is 29.1. The maximum Gasteiger partial charge on any atom is 0.412 e. The van der Waals surface area contributed by atoms with Crippen molar-refractivity contribution in [3.05, 3.63) is 52.5 Å². The van der Waals surface area contributed by atoms with E-state index in [1.807, 2.05) is 44.4 Å². The number of ether oxygens (including phenoxy) is 2. The van der Waals surface area contributed by atoms with Gasteiger partial charge in [0.05, 0.1) is 6.26 Å². The van der Waals surface area contributed by atoms with Crippen molar-refractivity contribution in [2.24, 2.45) is 0 Å². The molecule has 3 heterocycles. The van der Waals surface area contributed by atoms with Gasteiger partial charge in [-0.2, -0.15) is 0 Å². The monoisotopic (exact) mass is 568 g/mol. The molecular weight excluding hydrogens is 532 g/mol. The Morgan fingerprint density at radius 3 is 2.33 bits per heavy atom. The van der Waals surface area contributed by atoms with E-state index in [2.05, 4.69) is 15.2 Å². The highest BCUT2D eigenvalue weighted by Crippen LogP contribution is 2.29. The van der Waals surface area contributed by atoms with Gasteiger partial charge in [-0.3, -0.25) is 10.1 Å². The van der Waals surface area contributed by atoms with Gasteiger partial charge in [0.25, 0.3) is 0 Å². The summed E-state index contributed by atoms with van der Waals surface area (Å²) in [6.07, 6.45) is 0.680. The van der Waals surface area contributed by atoms with Crippen molar-refractivity contribution in [1.29, 1.82) is 0 Å². The van der Waals surface area contributed by atoms with Gasteiger partial charge in [0.1, 0.15) is 22.8 Å². The maximum atomic E-state index is 13.3. The van der Waals surface area contributed by atoms with Crippen molar-refractivity contribution < 1.29 is 28.3 Å². The molecule has 3 aromatic rings. The molecule has 1 aromatic carbocycles. The largest absolute Gasteiger partial charge is 0.464 e. The van der Waals surface area contributed by atoms with E-state index in [0.717, 1.165) is 5.56 Å². The van der Waals surface area contributed by atoms with E-state index in [4.69, 9.17) is 13.9 Å². The van der Waals surface area contributed by atoms with Gasteiger partial charge in [-0.15, -0.1) is 11.3 Å². The van der Waals surface area contributed by atoms with E-state index in [9.17, 15) is 14.4 Å². The number of carbonyl (C=O) groups excluding carboxylic acids is 3. The minimum absolute atomic E-state index is 0.0268. The minimum Gasteiger partial charge on any atom is -0.464 e. The summed E-state index contributed by atoms with van der Waals surface area (Å²) in [6, 6.07) is 9.00. The standard InChI is InChI=1S/C29H36N4O6S/c1-28(2,3)38-26(35)30-21-10-9-19(23-8-7-15-37-23)16-20(21)17-22(34)25-31-24(18-40-25)32-11-13-33(14-12-32)27(36)39-29(4,5)6/h7-10,15-16,18H,11-14,17H2,1-6H3,(H,30,35). The normalized spacial score (nSPS) is 14.2. The summed E-state index contributed by atoms with van der Waals surface area (Å²) >= 11 is 1.28. The van der Waals surface area contributed by atoms with Gasteiger partial charge in [0.2, 0.25) is 0 Å². The predicted octanol–water partition coefficient (Wildman–Crippen LogP) is 6.23. The van der Waals surface area contributed by atoms with Crippen molar-refractivity contribution in [2.45, 2.75) is 59.2 Å². The Bertz CT molecular complexity index is 1350. The lowest BCUT2D eigenvalue weighted by Gasteiger charge is -2.35. The summed E-state index contributed by atoms with van der Waals surface area (Å²) in [5.41, 5.74) is 0.674. The summed E-state index contributed by atoms with van der Waals surface area (Å²) in [6.45, 7) is 13.1. The molecule has 2 amide bonds. The third-order valence-electron chi connectivity index (χ3n) is 5.88. The van der Waals surface area contributed by atoms with Gasteiger partial charge in [-0.25, -0.2) is 14.6 Å². The van der Waals surface area contributed by atoms with E-state index < -0.39 is 17.3 Å². The molecule has 4 rings (SSSR count). The molecule has 0 radical (unpaired) electrons. The highest BCUT2D eigenvalue weighted by atomic mass is 32.1. The van der Waals surface area contributed by atoms with E-state index in [0.29, 0.717) is 54.0 Å². The first kappa shape index (κ1) is 29.1. The first-order valence-corrected chi connectivity index (χ1v) is 14.0. The molecule has 0 bridgehead atoms. The molecule has 1 saturated heterocycles. The Labute approximate surface area is 238 Å². The number of nitrogens with one attached hydrogen (secondary N) is 1. The second-order valence-electron chi connectivity index (χ2n) is 11.5. The number of Topliss-reactive ketones (excluding diaryl/α,β-unsaturated/α-hetero) is 1. The molecule has 0 saturated carbocycles. The molecule has 1 aliphatic heterocycles. The number of rotatable bonds is 6. The summed E-state index contributed by atoms with van der Waals surface area (Å²) in [5, 5.41) is 5.00. The molecular formula is C29H36N4O6S. The predicted molar refractivity (Wildman–Crippen MR) is 154 cm³/mol. The molecule has 0 aliphatic carbocycles. The fourth-order valence-electron chi connectivity index (χ4n) is 4.10. The maximum absolute atomic E-state index is 13.3. The number of hydrogen-bond acceptors (Lipinski definition) is 9. The summed E-state index contributed by atoms with van der Waals surface area (Å²) in [4.78, 5) is 46.5. The minimum atomic E-state index is -0.663. The van der Waals surface area contributed by atoms with Crippen LogP contribution in [-0.4, -0.2) is 65.2 Å². The highest BCUT2D eigenvalue weighted by Gasteiger charge is 2.27.